The van der Waals surface area contributed by atoms with Crippen LogP contribution in [0.1, 0.15) is 16.1 Å². The molecule has 1 N–H and O–H groups in total. The molecule has 0 aliphatic carbocycles. The summed E-state index contributed by atoms with van der Waals surface area (Å²) in [5.74, 6) is 0. The zero-order valence-electron chi connectivity index (χ0n) is 7.82. The fraction of sp³-hybridized carbons (Fsp3) is 0.0909. The number of H-pyrrole nitrogens is 1. The molecule has 0 atom stereocenters. The van der Waals surface area contributed by atoms with Gasteiger partial charge in [-0.1, -0.05) is 24.3 Å². The molecular weight excluding hydrogens is 176 g/mol. The Kier molecular flexibility index (Phi) is 2.14. The summed E-state index contributed by atoms with van der Waals surface area (Å²) in [6.45, 7) is 1.93. The van der Waals surface area contributed by atoms with Crippen LogP contribution in [0.3, 0.4) is 0 Å². The molecule has 0 radical (unpaired) electrons. The smallest absolute Gasteiger partial charge is 0.150 e. The van der Waals surface area contributed by atoms with Gasteiger partial charge in [0.25, 0.3) is 0 Å². The van der Waals surface area contributed by atoms with Crippen molar-refractivity contribution in [3.05, 3.63) is 41.6 Å². The maximum atomic E-state index is 10.4. The molecule has 0 spiro atoms. The summed E-state index contributed by atoms with van der Waals surface area (Å²) in [6, 6.07) is 9.35. The number of benzene rings is 1. The number of aryl methyl sites for hydroxylation is 1. The van der Waals surface area contributed by atoms with E-state index < -0.39 is 0 Å². The molecule has 2 rings (SSSR count). The molecule has 0 aliphatic heterocycles. The van der Waals surface area contributed by atoms with Gasteiger partial charge in [-0.3, -0.25) is 9.89 Å². The average Bonchev–Trinajstić information content (AvgIpc) is 2.65. The largest absolute Gasteiger partial charge is 0.298 e. The maximum Gasteiger partial charge on any atom is 0.150 e. The maximum absolute atomic E-state index is 10.4. The normalized spacial score (nSPS) is 10.1. The van der Waals surface area contributed by atoms with Gasteiger partial charge in [0.15, 0.2) is 0 Å². The van der Waals surface area contributed by atoms with Crippen molar-refractivity contribution in [3.63, 3.8) is 0 Å². The van der Waals surface area contributed by atoms with Crippen molar-refractivity contribution in [1.82, 2.24) is 10.2 Å². The number of aromatic amines is 1. The Morgan fingerprint density at radius 3 is 2.50 bits per heavy atom. The van der Waals surface area contributed by atoms with Crippen LogP contribution in [-0.4, -0.2) is 16.5 Å². The molecule has 0 amide bonds. The van der Waals surface area contributed by atoms with Gasteiger partial charge in [0.1, 0.15) is 6.29 Å². The second-order valence-corrected chi connectivity index (χ2v) is 3.16. The molecule has 1 aromatic carbocycles. The number of nitrogens with zero attached hydrogens (tertiary/aromatic N) is 1. The number of hydrogen-bond donors (Lipinski definition) is 1. The van der Waals surface area contributed by atoms with Crippen LogP contribution in [0.4, 0.5) is 0 Å². The third-order valence-electron chi connectivity index (χ3n) is 2.06. The van der Waals surface area contributed by atoms with Crippen molar-refractivity contribution in [1.29, 1.82) is 0 Å². The second kappa shape index (κ2) is 3.46. The fourth-order valence-electron chi connectivity index (χ4n) is 1.31. The van der Waals surface area contributed by atoms with E-state index in [1.165, 1.54) is 0 Å². The van der Waals surface area contributed by atoms with Crippen LogP contribution in [-0.2, 0) is 0 Å². The number of aromatic nitrogens is 2. The summed E-state index contributed by atoms with van der Waals surface area (Å²) in [6.07, 6.45) is 0.835. The van der Waals surface area contributed by atoms with Gasteiger partial charge in [-0.05, 0) is 18.6 Å². The first-order chi connectivity index (χ1) is 6.79. The summed E-state index contributed by atoms with van der Waals surface area (Å²) in [7, 11) is 0. The standard InChI is InChI=1S/C11H10N2O/c1-8-6-11(13-12-8)10-4-2-9(7-14)3-5-10/h2-7H,1H3,(H,12,13). The molecule has 0 aliphatic rings. The second-order valence-electron chi connectivity index (χ2n) is 3.16. The quantitative estimate of drug-likeness (QED) is 0.731. The van der Waals surface area contributed by atoms with Crippen molar-refractivity contribution < 1.29 is 4.79 Å². The van der Waals surface area contributed by atoms with Gasteiger partial charge in [0.2, 0.25) is 0 Å². The Hall–Kier alpha value is -1.90. The Morgan fingerprint density at radius 2 is 2.00 bits per heavy atom. The van der Waals surface area contributed by atoms with Crippen molar-refractivity contribution in [2.45, 2.75) is 6.92 Å². The molecule has 1 aromatic heterocycles. The summed E-state index contributed by atoms with van der Waals surface area (Å²) in [5, 5.41) is 6.96. The van der Waals surface area contributed by atoms with E-state index in [-0.39, 0.29) is 0 Å². The highest BCUT2D eigenvalue weighted by molar-refractivity contribution is 5.76. The van der Waals surface area contributed by atoms with Crippen molar-refractivity contribution in [2.75, 3.05) is 0 Å². The number of hydrogen-bond acceptors (Lipinski definition) is 2. The Morgan fingerprint density at radius 1 is 1.29 bits per heavy atom. The lowest BCUT2D eigenvalue weighted by Gasteiger charge is -1.96. The number of rotatable bonds is 2. The van der Waals surface area contributed by atoms with Crippen LogP contribution in [0.2, 0.25) is 0 Å². The molecule has 1 heterocycles. The highest BCUT2D eigenvalue weighted by Gasteiger charge is 2.00. The van der Waals surface area contributed by atoms with E-state index in [0.29, 0.717) is 5.56 Å². The summed E-state index contributed by atoms with van der Waals surface area (Å²) in [4.78, 5) is 10.4. The highest BCUT2D eigenvalue weighted by atomic mass is 16.1. The number of nitrogens with one attached hydrogen (secondary N) is 1. The molecule has 14 heavy (non-hydrogen) atoms. The van der Waals surface area contributed by atoms with Gasteiger partial charge in [-0.25, -0.2) is 0 Å². The third-order valence-corrected chi connectivity index (χ3v) is 2.06. The Labute approximate surface area is 81.8 Å². The van der Waals surface area contributed by atoms with E-state index in [2.05, 4.69) is 10.2 Å². The number of carbonyl (C=O) groups excluding carboxylic acids is 1. The monoisotopic (exact) mass is 186 g/mol. The van der Waals surface area contributed by atoms with E-state index in [1.807, 2.05) is 25.1 Å². The minimum absolute atomic E-state index is 0.685. The third kappa shape index (κ3) is 1.57. The minimum atomic E-state index is 0.685. The van der Waals surface area contributed by atoms with Gasteiger partial charge < -0.3 is 0 Å². The average molecular weight is 186 g/mol. The van der Waals surface area contributed by atoms with Gasteiger partial charge >= 0.3 is 0 Å². The van der Waals surface area contributed by atoms with E-state index >= 15 is 0 Å². The Bertz CT molecular complexity index is 443. The fourth-order valence-corrected chi connectivity index (χ4v) is 1.31. The molecular formula is C11H10N2O. The van der Waals surface area contributed by atoms with Gasteiger partial charge in [-0.2, -0.15) is 5.10 Å². The van der Waals surface area contributed by atoms with Crippen molar-refractivity contribution in [3.8, 4) is 11.3 Å². The van der Waals surface area contributed by atoms with Crippen molar-refractivity contribution in [2.24, 2.45) is 0 Å². The van der Waals surface area contributed by atoms with Crippen LogP contribution in [0, 0.1) is 6.92 Å². The van der Waals surface area contributed by atoms with E-state index in [0.717, 1.165) is 23.2 Å². The molecule has 2 aromatic rings. The predicted molar refractivity (Wildman–Crippen MR) is 54.1 cm³/mol. The van der Waals surface area contributed by atoms with Crippen LogP contribution in [0.5, 0.6) is 0 Å². The first-order valence-electron chi connectivity index (χ1n) is 4.37. The van der Waals surface area contributed by atoms with Gasteiger partial charge in [0.05, 0.1) is 11.4 Å². The first kappa shape index (κ1) is 8.69. The Balaban J connectivity index is 2.38. The van der Waals surface area contributed by atoms with Crippen molar-refractivity contribution >= 4 is 6.29 Å². The summed E-state index contributed by atoms with van der Waals surface area (Å²) >= 11 is 0. The van der Waals surface area contributed by atoms with Crippen LogP contribution in [0.15, 0.2) is 30.3 Å². The van der Waals surface area contributed by atoms with Crippen LogP contribution < -0.4 is 0 Å². The zero-order valence-corrected chi connectivity index (χ0v) is 7.82. The number of aldehydes is 1. The van der Waals surface area contributed by atoms with E-state index in [4.69, 9.17) is 0 Å². The topological polar surface area (TPSA) is 45.8 Å². The molecule has 0 unspecified atom stereocenters. The first-order valence-corrected chi connectivity index (χ1v) is 4.37. The lowest BCUT2D eigenvalue weighted by molar-refractivity contribution is 0.112. The molecule has 3 heteroatoms. The molecule has 0 saturated heterocycles. The van der Waals surface area contributed by atoms with Gasteiger partial charge in [0, 0.05) is 5.56 Å². The summed E-state index contributed by atoms with van der Waals surface area (Å²) < 4.78 is 0. The molecule has 0 bridgehead atoms. The minimum Gasteiger partial charge on any atom is -0.298 e. The molecule has 70 valence electrons. The van der Waals surface area contributed by atoms with Crippen LogP contribution >= 0.6 is 0 Å². The molecule has 0 saturated carbocycles. The van der Waals surface area contributed by atoms with E-state index in [1.54, 1.807) is 12.1 Å². The molecule has 3 nitrogen and oxygen atoms in total. The predicted octanol–water partition coefficient (Wildman–Crippen LogP) is 2.20. The summed E-state index contributed by atoms with van der Waals surface area (Å²) in [5.41, 5.74) is 3.65. The number of carbonyl (C=O) groups is 1. The van der Waals surface area contributed by atoms with Crippen LogP contribution in [0.25, 0.3) is 11.3 Å². The lowest BCUT2D eigenvalue weighted by atomic mass is 10.1. The van der Waals surface area contributed by atoms with E-state index in [9.17, 15) is 4.79 Å². The zero-order chi connectivity index (χ0) is 9.97. The SMILES string of the molecule is Cc1cc(-c2ccc(C=O)cc2)[nH]n1. The highest BCUT2D eigenvalue weighted by Crippen LogP contribution is 2.17. The molecule has 0 fully saturated rings. The lowest BCUT2D eigenvalue weighted by Crippen LogP contribution is -1.81. The van der Waals surface area contributed by atoms with Gasteiger partial charge in [-0.15, -0.1) is 0 Å².